The van der Waals surface area contributed by atoms with Crippen molar-refractivity contribution in [2.45, 2.75) is 16.4 Å². The first-order chi connectivity index (χ1) is 8.46. The molecule has 0 unspecified atom stereocenters. The number of benzene rings is 1. The van der Waals surface area contributed by atoms with Gasteiger partial charge in [-0.05, 0) is 30.0 Å². The van der Waals surface area contributed by atoms with E-state index in [-0.39, 0.29) is 28.4 Å². The van der Waals surface area contributed by atoms with Crippen molar-refractivity contribution < 1.29 is 23.0 Å². The quantitative estimate of drug-likeness (QED) is 0.817. The molecule has 1 saturated heterocycles. The molecule has 1 aromatic rings. The van der Waals surface area contributed by atoms with Gasteiger partial charge in [-0.1, -0.05) is 0 Å². The Balaban J connectivity index is 2.20. The van der Waals surface area contributed by atoms with Crippen LogP contribution in [0.5, 0.6) is 5.75 Å². The normalized spacial score (nSPS) is 20.9. The van der Waals surface area contributed by atoms with Crippen LogP contribution in [0.15, 0.2) is 23.1 Å². The minimum absolute atomic E-state index is 0.0236. The van der Waals surface area contributed by atoms with Gasteiger partial charge in [-0.15, -0.1) is 0 Å². The molecule has 0 aromatic heterocycles. The monoisotopic (exact) mass is 279 g/mol. The van der Waals surface area contributed by atoms with Crippen molar-refractivity contribution in [3.05, 3.63) is 23.8 Å². The second kappa shape index (κ2) is 5.38. The summed E-state index contributed by atoms with van der Waals surface area (Å²) < 4.78 is 42.1. The van der Waals surface area contributed by atoms with E-state index >= 15 is 0 Å². The Kier molecular flexibility index (Phi) is 4.04. The van der Waals surface area contributed by atoms with Crippen molar-refractivity contribution in [1.29, 1.82) is 0 Å². The van der Waals surface area contributed by atoms with Crippen molar-refractivity contribution in [3.8, 4) is 5.75 Å². The number of phenolic OH excluding ortho intramolecular Hbond substituents is 1. The maximum atomic E-state index is 12.3. The van der Waals surface area contributed by atoms with Crippen molar-refractivity contribution in [2.24, 2.45) is 0 Å². The van der Waals surface area contributed by atoms with Crippen molar-refractivity contribution in [2.75, 3.05) is 19.8 Å². The van der Waals surface area contributed by atoms with Crippen LogP contribution in [0.2, 0.25) is 0 Å². The highest BCUT2D eigenvalue weighted by Crippen LogP contribution is 2.39. The van der Waals surface area contributed by atoms with E-state index in [9.17, 15) is 18.3 Å². The number of hydrogen-bond acceptors (Lipinski definition) is 4. The lowest BCUT2D eigenvalue weighted by Crippen LogP contribution is -2.34. The van der Waals surface area contributed by atoms with Gasteiger partial charge in [0.05, 0.1) is 19.3 Å². The molecule has 2 rings (SSSR count). The number of hydrogen-bond donors (Lipinski definition) is 2. The number of nitrogens with one attached hydrogen (secondary N) is 1. The Morgan fingerprint density at radius 3 is 2.78 bits per heavy atom. The summed E-state index contributed by atoms with van der Waals surface area (Å²) >= 11 is -0.192. The van der Waals surface area contributed by atoms with E-state index in [1.807, 2.05) is 0 Å². The van der Waals surface area contributed by atoms with Crippen LogP contribution in [0.1, 0.15) is 11.6 Å². The number of rotatable bonds is 2. The minimum Gasteiger partial charge on any atom is -0.508 e. The van der Waals surface area contributed by atoms with Gasteiger partial charge < -0.3 is 15.2 Å². The maximum absolute atomic E-state index is 12.3. The van der Waals surface area contributed by atoms with E-state index in [4.69, 9.17) is 4.74 Å². The first-order valence-electron chi connectivity index (χ1n) is 5.35. The summed E-state index contributed by atoms with van der Waals surface area (Å²) in [7, 11) is 0. The van der Waals surface area contributed by atoms with Gasteiger partial charge in [0.25, 0.3) is 0 Å². The average Bonchev–Trinajstić information content (AvgIpc) is 2.31. The van der Waals surface area contributed by atoms with Crippen LogP contribution in [0, 0.1) is 0 Å². The predicted octanol–water partition coefficient (Wildman–Crippen LogP) is 2.67. The van der Waals surface area contributed by atoms with Crippen molar-refractivity contribution in [3.63, 3.8) is 0 Å². The lowest BCUT2D eigenvalue weighted by Gasteiger charge is -2.25. The molecule has 1 atom stereocenters. The van der Waals surface area contributed by atoms with Gasteiger partial charge in [0, 0.05) is 17.0 Å². The largest absolute Gasteiger partial charge is 0.508 e. The molecule has 18 heavy (non-hydrogen) atoms. The fourth-order valence-electron chi connectivity index (χ4n) is 1.77. The van der Waals surface area contributed by atoms with Gasteiger partial charge in [-0.2, -0.15) is 13.2 Å². The Hall–Kier alpha value is -0.920. The van der Waals surface area contributed by atoms with E-state index < -0.39 is 5.51 Å². The number of halogens is 3. The van der Waals surface area contributed by atoms with E-state index in [1.165, 1.54) is 18.2 Å². The van der Waals surface area contributed by atoms with Gasteiger partial charge in [-0.3, -0.25) is 0 Å². The molecule has 2 N–H and O–H groups in total. The number of alkyl halides is 3. The van der Waals surface area contributed by atoms with Gasteiger partial charge in [-0.25, -0.2) is 0 Å². The summed E-state index contributed by atoms with van der Waals surface area (Å²) in [4.78, 5) is 0.0580. The predicted molar refractivity (Wildman–Crippen MR) is 61.6 cm³/mol. The SMILES string of the molecule is Oc1ccc(SC(F)(F)F)cc1[C@H]1COCCN1. The molecule has 0 amide bonds. The number of ether oxygens (including phenoxy) is 1. The zero-order chi connectivity index (χ0) is 13.2. The van der Waals surface area contributed by atoms with Gasteiger partial charge in [0.15, 0.2) is 0 Å². The molecule has 1 heterocycles. The molecule has 0 spiro atoms. The molecule has 0 bridgehead atoms. The van der Waals surface area contributed by atoms with Crippen LogP contribution in [0.25, 0.3) is 0 Å². The molecule has 0 saturated carbocycles. The number of morpholine rings is 1. The molecule has 1 aliphatic rings. The Morgan fingerprint density at radius 1 is 1.39 bits per heavy atom. The molecular formula is C11H12F3NO2S. The van der Waals surface area contributed by atoms with Crippen molar-refractivity contribution >= 4 is 11.8 Å². The Morgan fingerprint density at radius 2 is 2.17 bits per heavy atom. The summed E-state index contributed by atoms with van der Waals surface area (Å²) in [6.07, 6.45) is 0. The fourth-order valence-corrected chi connectivity index (χ4v) is 2.36. The summed E-state index contributed by atoms with van der Waals surface area (Å²) in [5, 5.41) is 12.8. The standard InChI is InChI=1S/C11H12F3NO2S/c12-11(13,14)18-7-1-2-10(16)8(5-7)9-6-17-4-3-15-9/h1-2,5,9,15-16H,3-4,6H2/t9-/m1/s1. The zero-order valence-corrected chi connectivity index (χ0v) is 10.1. The smallest absolute Gasteiger partial charge is 0.446 e. The molecular weight excluding hydrogens is 267 g/mol. The third-order valence-electron chi connectivity index (χ3n) is 2.53. The van der Waals surface area contributed by atoms with E-state index in [2.05, 4.69) is 5.32 Å². The molecule has 0 radical (unpaired) electrons. The summed E-state index contributed by atoms with van der Waals surface area (Å²) in [5.41, 5.74) is -3.89. The Labute approximate surface area is 106 Å². The van der Waals surface area contributed by atoms with Gasteiger partial charge in [0.1, 0.15) is 5.75 Å². The molecule has 0 aliphatic carbocycles. The van der Waals surface area contributed by atoms with Gasteiger partial charge in [0.2, 0.25) is 0 Å². The molecule has 100 valence electrons. The minimum atomic E-state index is -4.33. The maximum Gasteiger partial charge on any atom is 0.446 e. The second-order valence-corrected chi connectivity index (χ2v) is 4.99. The number of thioether (sulfide) groups is 1. The van der Waals surface area contributed by atoms with Crippen LogP contribution < -0.4 is 5.32 Å². The molecule has 7 heteroatoms. The average molecular weight is 279 g/mol. The summed E-state index contributed by atoms with van der Waals surface area (Å²) in [6.45, 7) is 1.52. The van der Waals surface area contributed by atoms with E-state index in [0.29, 0.717) is 25.3 Å². The third-order valence-corrected chi connectivity index (χ3v) is 3.25. The van der Waals surface area contributed by atoms with Crippen molar-refractivity contribution in [1.82, 2.24) is 5.32 Å². The lowest BCUT2D eigenvalue weighted by atomic mass is 10.1. The zero-order valence-electron chi connectivity index (χ0n) is 9.33. The highest BCUT2D eigenvalue weighted by atomic mass is 32.2. The molecule has 3 nitrogen and oxygen atoms in total. The second-order valence-electron chi connectivity index (χ2n) is 3.85. The molecule has 1 aliphatic heterocycles. The van der Waals surface area contributed by atoms with Crippen LogP contribution in [-0.2, 0) is 4.74 Å². The summed E-state index contributed by atoms with van der Waals surface area (Å²) in [6, 6.07) is 3.60. The fraction of sp³-hybridized carbons (Fsp3) is 0.455. The van der Waals surface area contributed by atoms with E-state index in [1.54, 1.807) is 0 Å². The highest BCUT2D eigenvalue weighted by molar-refractivity contribution is 8.00. The summed E-state index contributed by atoms with van der Waals surface area (Å²) in [5.74, 6) is -0.0236. The van der Waals surface area contributed by atoms with Crippen LogP contribution in [-0.4, -0.2) is 30.4 Å². The molecule has 1 aromatic carbocycles. The number of aromatic hydroxyl groups is 1. The van der Waals surface area contributed by atoms with E-state index in [0.717, 1.165) is 0 Å². The Bertz CT molecular complexity index is 419. The topological polar surface area (TPSA) is 41.5 Å². The first-order valence-corrected chi connectivity index (χ1v) is 6.17. The number of phenols is 1. The molecule has 1 fully saturated rings. The lowest BCUT2D eigenvalue weighted by molar-refractivity contribution is -0.0328. The van der Waals surface area contributed by atoms with Crippen LogP contribution >= 0.6 is 11.8 Å². The van der Waals surface area contributed by atoms with Gasteiger partial charge >= 0.3 is 5.51 Å². The highest BCUT2D eigenvalue weighted by Gasteiger charge is 2.30. The van der Waals surface area contributed by atoms with Crippen LogP contribution in [0.3, 0.4) is 0 Å². The van der Waals surface area contributed by atoms with Crippen LogP contribution in [0.4, 0.5) is 13.2 Å². The third kappa shape index (κ3) is 3.54. The first kappa shape index (κ1) is 13.5.